The van der Waals surface area contributed by atoms with Gasteiger partial charge < -0.3 is 5.32 Å². The van der Waals surface area contributed by atoms with Crippen molar-refractivity contribution in [3.8, 4) is 0 Å². The van der Waals surface area contributed by atoms with Gasteiger partial charge in [-0.25, -0.2) is 4.39 Å². The molecule has 1 aromatic rings. The van der Waals surface area contributed by atoms with Crippen LogP contribution in [-0.2, 0) is 0 Å². The van der Waals surface area contributed by atoms with Crippen molar-refractivity contribution in [2.45, 2.75) is 38.6 Å². The first-order valence-corrected chi connectivity index (χ1v) is 6.05. The third kappa shape index (κ3) is 4.00. The summed E-state index contributed by atoms with van der Waals surface area (Å²) in [6, 6.07) is 4.71. The Kier molecular flexibility index (Phi) is 4.94. The minimum Gasteiger partial charge on any atom is -0.349 e. The maximum atomic E-state index is 13.7. The highest BCUT2D eigenvalue weighted by Gasteiger charge is 2.15. The zero-order valence-corrected chi connectivity index (χ0v) is 11.0. The molecule has 17 heavy (non-hydrogen) atoms. The summed E-state index contributed by atoms with van der Waals surface area (Å²) in [4.78, 5) is 11.8. The number of benzene rings is 1. The first-order chi connectivity index (χ1) is 7.91. The number of alkyl halides is 1. The van der Waals surface area contributed by atoms with Gasteiger partial charge in [0.25, 0.3) is 5.91 Å². The van der Waals surface area contributed by atoms with Gasteiger partial charge >= 0.3 is 0 Å². The highest BCUT2D eigenvalue weighted by atomic mass is 35.5. The van der Waals surface area contributed by atoms with Crippen molar-refractivity contribution in [2.75, 3.05) is 0 Å². The predicted octanol–water partition coefficient (Wildman–Crippen LogP) is 3.27. The summed E-state index contributed by atoms with van der Waals surface area (Å²) in [5.41, 5.74) is 0.551. The van der Waals surface area contributed by atoms with Crippen LogP contribution in [-0.4, -0.2) is 17.3 Å². The van der Waals surface area contributed by atoms with Crippen LogP contribution in [0.4, 0.5) is 4.39 Å². The molecule has 1 amide bonds. The van der Waals surface area contributed by atoms with Crippen LogP contribution in [0, 0.1) is 12.7 Å². The van der Waals surface area contributed by atoms with E-state index >= 15 is 0 Å². The van der Waals surface area contributed by atoms with Gasteiger partial charge in [-0.05, 0) is 38.8 Å². The number of carbonyl (C=O) groups excluding carboxylic acids is 1. The normalized spacial score (nSPS) is 14.2. The second-order valence-corrected chi connectivity index (χ2v) is 5.07. The standard InChI is InChI=1S/C13H17ClFNO/c1-8-5-4-6-11(12(8)15)13(17)16-10(3)7-9(2)14/h4-6,9-10H,7H2,1-3H3,(H,16,17). The molecule has 0 aliphatic rings. The van der Waals surface area contributed by atoms with E-state index in [9.17, 15) is 9.18 Å². The van der Waals surface area contributed by atoms with E-state index < -0.39 is 11.7 Å². The minimum absolute atomic E-state index is 0.0207. The third-order valence-electron chi connectivity index (χ3n) is 2.49. The van der Waals surface area contributed by atoms with Crippen molar-refractivity contribution in [1.29, 1.82) is 0 Å². The average molecular weight is 258 g/mol. The van der Waals surface area contributed by atoms with E-state index in [0.717, 1.165) is 0 Å². The first-order valence-electron chi connectivity index (χ1n) is 5.62. The maximum Gasteiger partial charge on any atom is 0.254 e. The lowest BCUT2D eigenvalue weighted by atomic mass is 10.1. The molecule has 0 aliphatic carbocycles. The number of carbonyl (C=O) groups is 1. The van der Waals surface area contributed by atoms with Gasteiger partial charge in [0.1, 0.15) is 5.82 Å². The molecule has 0 saturated heterocycles. The zero-order valence-electron chi connectivity index (χ0n) is 10.3. The molecule has 2 nitrogen and oxygen atoms in total. The van der Waals surface area contributed by atoms with Crippen LogP contribution in [0.25, 0.3) is 0 Å². The minimum atomic E-state index is -0.462. The van der Waals surface area contributed by atoms with Gasteiger partial charge in [0.15, 0.2) is 0 Å². The maximum absolute atomic E-state index is 13.7. The Hall–Kier alpha value is -1.09. The van der Waals surface area contributed by atoms with Gasteiger partial charge in [-0.15, -0.1) is 11.6 Å². The molecular weight excluding hydrogens is 241 g/mol. The summed E-state index contributed by atoms with van der Waals surface area (Å²) in [5, 5.41) is 2.71. The molecule has 0 bridgehead atoms. The number of halogens is 2. The smallest absolute Gasteiger partial charge is 0.254 e. The molecule has 0 aromatic heterocycles. The van der Waals surface area contributed by atoms with Crippen LogP contribution < -0.4 is 5.32 Å². The van der Waals surface area contributed by atoms with Gasteiger partial charge in [0.2, 0.25) is 0 Å². The van der Waals surface area contributed by atoms with Crippen molar-refractivity contribution in [3.05, 3.63) is 35.1 Å². The third-order valence-corrected chi connectivity index (χ3v) is 2.67. The van der Waals surface area contributed by atoms with E-state index in [4.69, 9.17) is 11.6 Å². The lowest BCUT2D eigenvalue weighted by molar-refractivity contribution is 0.0934. The van der Waals surface area contributed by atoms with E-state index in [1.54, 1.807) is 19.1 Å². The van der Waals surface area contributed by atoms with E-state index in [2.05, 4.69) is 5.32 Å². The van der Waals surface area contributed by atoms with Gasteiger partial charge in [-0.2, -0.15) is 0 Å². The summed E-state index contributed by atoms with van der Waals surface area (Å²) in [6.45, 7) is 5.35. The molecule has 94 valence electrons. The van der Waals surface area contributed by atoms with Crippen LogP contribution in [0.2, 0.25) is 0 Å². The summed E-state index contributed by atoms with van der Waals surface area (Å²) in [6.07, 6.45) is 0.654. The molecule has 0 aliphatic heterocycles. The van der Waals surface area contributed by atoms with Crippen molar-refractivity contribution in [1.82, 2.24) is 5.32 Å². The predicted molar refractivity (Wildman–Crippen MR) is 68.0 cm³/mol. The Morgan fingerprint density at radius 3 is 2.71 bits per heavy atom. The second-order valence-electron chi connectivity index (χ2n) is 4.33. The van der Waals surface area contributed by atoms with Crippen molar-refractivity contribution in [3.63, 3.8) is 0 Å². The van der Waals surface area contributed by atoms with Crippen LogP contribution in [0.3, 0.4) is 0 Å². The quantitative estimate of drug-likeness (QED) is 0.824. The number of rotatable bonds is 4. The number of nitrogens with one attached hydrogen (secondary N) is 1. The molecule has 2 unspecified atom stereocenters. The lowest BCUT2D eigenvalue weighted by Gasteiger charge is -2.15. The summed E-state index contributed by atoms with van der Waals surface area (Å²) in [7, 11) is 0. The molecule has 0 radical (unpaired) electrons. The fourth-order valence-electron chi connectivity index (χ4n) is 1.67. The highest BCUT2D eigenvalue weighted by Crippen LogP contribution is 2.12. The van der Waals surface area contributed by atoms with Crippen LogP contribution in [0.1, 0.15) is 36.2 Å². The lowest BCUT2D eigenvalue weighted by Crippen LogP contribution is -2.34. The molecular formula is C13H17ClFNO. The van der Waals surface area contributed by atoms with E-state index in [-0.39, 0.29) is 17.0 Å². The Morgan fingerprint density at radius 2 is 2.12 bits per heavy atom. The van der Waals surface area contributed by atoms with Gasteiger partial charge in [0, 0.05) is 11.4 Å². The molecule has 1 N–H and O–H groups in total. The number of hydrogen-bond acceptors (Lipinski definition) is 1. The molecule has 0 heterocycles. The Labute approximate surface area is 106 Å². The summed E-state index contributed by atoms with van der Waals surface area (Å²) in [5.74, 6) is -0.855. The number of amides is 1. The van der Waals surface area contributed by atoms with Crippen LogP contribution in [0.5, 0.6) is 0 Å². The molecule has 0 spiro atoms. The van der Waals surface area contributed by atoms with Crippen LogP contribution in [0.15, 0.2) is 18.2 Å². The second kappa shape index (κ2) is 6.01. The van der Waals surface area contributed by atoms with Gasteiger partial charge in [-0.3, -0.25) is 4.79 Å². The molecule has 0 saturated carbocycles. The van der Waals surface area contributed by atoms with Crippen molar-refractivity contribution in [2.24, 2.45) is 0 Å². The number of aryl methyl sites for hydroxylation is 1. The molecule has 1 rings (SSSR count). The SMILES string of the molecule is Cc1cccc(C(=O)NC(C)CC(C)Cl)c1F. The Bertz CT molecular complexity index is 406. The topological polar surface area (TPSA) is 29.1 Å². The van der Waals surface area contributed by atoms with E-state index in [0.29, 0.717) is 12.0 Å². The molecule has 1 aromatic carbocycles. The fraction of sp³-hybridized carbons (Fsp3) is 0.462. The van der Waals surface area contributed by atoms with Gasteiger partial charge in [0.05, 0.1) is 5.56 Å². The Balaban J connectivity index is 2.73. The van der Waals surface area contributed by atoms with E-state index in [1.165, 1.54) is 6.07 Å². The molecule has 4 heteroatoms. The first kappa shape index (κ1) is 14.0. The number of hydrogen-bond donors (Lipinski definition) is 1. The monoisotopic (exact) mass is 257 g/mol. The average Bonchev–Trinajstić information content (AvgIpc) is 2.20. The highest BCUT2D eigenvalue weighted by molar-refractivity contribution is 6.20. The van der Waals surface area contributed by atoms with Crippen LogP contribution >= 0.6 is 11.6 Å². The largest absolute Gasteiger partial charge is 0.349 e. The van der Waals surface area contributed by atoms with Gasteiger partial charge in [-0.1, -0.05) is 12.1 Å². The Morgan fingerprint density at radius 1 is 1.47 bits per heavy atom. The molecule has 0 fully saturated rings. The summed E-state index contributed by atoms with van der Waals surface area (Å²) < 4.78 is 13.7. The molecule has 2 atom stereocenters. The van der Waals surface area contributed by atoms with E-state index in [1.807, 2.05) is 13.8 Å². The van der Waals surface area contributed by atoms with Crippen molar-refractivity contribution >= 4 is 17.5 Å². The fourth-order valence-corrected chi connectivity index (χ4v) is 1.94. The zero-order chi connectivity index (χ0) is 13.0. The van der Waals surface area contributed by atoms with Crippen molar-refractivity contribution < 1.29 is 9.18 Å². The summed E-state index contributed by atoms with van der Waals surface area (Å²) >= 11 is 5.83.